The highest BCUT2D eigenvalue weighted by molar-refractivity contribution is 7.93. The van der Waals surface area contributed by atoms with Crippen LogP contribution < -0.4 is 20.4 Å². The number of rotatable bonds is 14. The Morgan fingerprint density at radius 3 is 2.09 bits per heavy atom. The Hall–Kier alpha value is -5.48. The van der Waals surface area contributed by atoms with Crippen molar-refractivity contribution in [3.8, 4) is 34.5 Å². The number of carbonyl (C=O) groups is 2. The lowest BCUT2D eigenvalue weighted by molar-refractivity contribution is -0.132. The molecule has 56 heavy (non-hydrogen) atoms. The van der Waals surface area contributed by atoms with Gasteiger partial charge in [-0.15, -0.1) is 5.92 Å². The van der Waals surface area contributed by atoms with Gasteiger partial charge in [0.05, 0.1) is 18.8 Å². The second-order valence-electron chi connectivity index (χ2n) is 13.3. The lowest BCUT2D eigenvalue weighted by Gasteiger charge is -2.25. The van der Waals surface area contributed by atoms with Crippen LogP contribution in [-0.4, -0.2) is 89.1 Å². The fraction of sp³-hybridized carbons (Fsp3) is 0.342. The maximum absolute atomic E-state index is 14.6. The Bertz CT molecular complexity index is 2530. The molecule has 0 aliphatic heterocycles. The molecule has 3 aromatic carbocycles. The standard InChI is InChI=1S/C20H22FN3O5S.C18H22N2O5S/c1-20(19(25)23-26,30(3,27)28)9-10-24-16-8-7-13(11-14(16)12-22-24)15-5-4-6-17(29-2)18(15)21;1-4-5-12-25-15-6-7-16-14(13-15)8-10-20(16)11-9-18(2,17(21)19-22)26(3,23)24/h4-8,11-12,26H,9-10H2,1-3H3,(H,23,25);6-8,10,13,22H,9,11-12H2,1-3H3,(H,19,21)/t20-;18-/m11/s1. The highest BCUT2D eigenvalue weighted by atomic mass is 32.2. The zero-order valence-corrected chi connectivity index (χ0v) is 33.3. The number of carbonyl (C=O) groups excluding carboxylic acids is 2. The maximum Gasteiger partial charge on any atom is 0.264 e. The first-order valence-corrected chi connectivity index (χ1v) is 20.8. The second-order valence-corrected chi connectivity index (χ2v) is 18.2. The van der Waals surface area contributed by atoms with Crippen LogP contribution in [0.15, 0.2) is 73.1 Å². The summed E-state index contributed by atoms with van der Waals surface area (Å²) in [7, 11) is -6.12. The van der Waals surface area contributed by atoms with Crippen LogP contribution in [0.4, 0.5) is 4.39 Å². The number of ether oxygens (including phenoxy) is 2. The van der Waals surface area contributed by atoms with E-state index in [0.29, 0.717) is 35.5 Å². The number of hydroxylamine groups is 2. The quantitative estimate of drug-likeness (QED) is 0.0707. The van der Waals surface area contributed by atoms with Crippen LogP contribution in [0.3, 0.4) is 0 Å². The largest absolute Gasteiger partial charge is 0.494 e. The fourth-order valence-electron chi connectivity index (χ4n) is 5.80. The molecule has 18 heteroatoms. The molecule has 15 nitrogen and oxygen atoms in total. The molecule has 2 amide bonds. The molecular weight excluding hydrogens is 770 g/mol. The molecule has 0 fully saturated rings. The molecule has 2 aromatic heterocycles. The molecule has 5 rings (SSSR count). The monoisotopic (exact) mass is 813 g/mol. The number of aromatic nitrogens is 3. The van der Waals surface area contributed by atoms with Gasteiger partial charge in [-0.05, 0) is 81.6 Å². The number of aryl methyl sites for hydroxylation is 2. The maximum atomic E-state index is 14.6. The summed E-state index contributed by atoms with van der Waals surface area (Å²) in [6.07, 6.45) is 5.26. The average Bonchev–Trinajstić information content (AvgIpc) is 3.77. The van der Waals surface area contributed by atoms with Gasteiger partial charge < -0.3 is 14.0 Å². The van der Waals surface area contributed by atoms with Crippen molar-refractivity contribution in [2.24, 2.45) is 0 Å². The van der Waals surface area contributed by atoms with Gasteiger partial charge in [0.2, 0.25) is 0 Å². The van der Waals surface area contributed by atoms with Gasteiger partial charge in [0.25, 0.3) is 11.8 Å². The first-order chi connectivity index (χ1) is 26.3. The average molecular weight is 814 g/mol. The zero-order valence-electron chi connectivity index (χ0n) is 31.7. The highest BCUT2D eigenvalue weighted by Crippen LogP contribution is 2.32. The van der Waals surface area contributed by atoms with Crippen molar-refractivity contribution in [3.63, 3.8) is 0 Å². The third-order valence-electron chi connectivity index (χ3n) is 9.80. The predicted molar refractivity (Wildman–Crippen MR) is 208 cm³/mol. The van der Waals surface area contributed by atoms with Gasteiger partial charge in [0.15, 0.2) is 40.7 Å². The van der Waals surface area contributed by atoms with Gasteiger partial charge in [0.1, 0.15) is 12.4 Å². The molecule has 0 saturated heterocycles. The minimum absolute atomic E-state index is 0.0202. The fourth-order valence-corrected chi connectivity index (χ4v) is 7.49. The summed E-state index contributed by atoms with van der Waals surface area (Å²) in [6, 6.07) is 17.6. The third kappa shape index (κ3) is 9.13. The van der Waals surface area contributed by atoms with Gasteiger partial charge >= 0.3 is 0 Å². The minimum atomic E-state index is -3.80. The summed E-state index contributed by atoms with van der Waals surface area (Å²) >= 11 is 0. The topological polar surface area (TPSA) is 208 Å². The smallest absolute Gasteiger partial charge is 0.264 e. The molecule has 4 N–H and O–H groups in total. The Balaban J connectivity index is 0.000000251. The molecule has 0 unspecified atom stereocenters. The van der Waals surface area contributed by atoms with Crippen LogP contribution in [0.2, 0.25) is 0 Å². The minimum Gasteiger partial charge on any atom is -0.494 e. The van der Waals surface area contributed by atoms with E-state index in [1.807, 2.05) is 35.0 Å². The van der Waals surface area contributed by atoms with Crippen LogP contribution >= 0.6 is 0 Å². The molecule has 0 radical (unpaired) electrons. The van der Waals surface area contributed by atoms with Gasteiger partial charge in [-0.2, -0.15) is 5.10 Å². The van der Waals surface area contributed by atoms with Crippen molar-refractivity contribution < 1.29 is 50.7 Å². The SMILES string of the molecule is CC#CCOc1ccc2c(ccn2CC[C@](C)(C(=O)NO)S(C)(=O)=O)c1.COc1cccc(-c2ccc3c(cnn3CC[C@](C)(C(=O)NO)S(C)(=O)=O)c2)c1F. The number of fused-ring (bicyclic) bond motifs is 2. The first kappa shape index (κ1) is 43.3. The third-order valence-corrected chi connectivity index (χ3v) is 13.8. The van der Waals surface area contributed by atoms with Crippen LogP contribution in [-0.2, 0) is 42.4 Å². The van der Waals surface area contributed by atoms with E-state index >= 15 is 0 Å². The Morgan fingerprint density at radius 1 is 0.875 bits per heavy atom. The number of nitrogens with zero attached hydrogens (tertiary/aromatic N) is 3. The van der Waals surface area contributed by atoms with Crippen molar-refractivity contribution in [2.45, 2.75) is 56.2 Å². The number of hydrogen-bond acceptors (Lipinski definition) is 11. The van der Waals surface area contributed by atoms with Gasteiger partial charge in [-0.1, -0.05) is 24.1 Å². The molecule has 300 valence electrons. The van der Waals surface area contributed by atoms with Crippen molar-refractivity contribution >= 4 is 53.3 Å². The summed E-state index contributed by atoms with van der Waals surface area (Å²) in [4.78, 5) is 23.9. The number of hydrogen-bond donors (Lipinski definition) is 4. The van der Waals surface area contributed by atoms with Crippen LogP contribution in [0.25, 0.3) is 32.9 Å². The molecule has 5 aromatic rings. The molecule has 0 saturated carbocycles. The molecular formula is C38H44FN5O10S2. The summed E-state index contributed by atoms with van der Waals surface area (Å²) < 4.78 is 73.3. The van der Waals surface area contributed by atoms with E-state index in [9.17, 15) is 30.8 Å². The van der Waals surface area contributed by atoms with E-state index in [1.165, 1.54) is 38.0 Å². The van der Waals surface area contributed by atoms with Gasteiger partial charge in [0, 0.05) is 53.7 Å². The Kier molecular flexibility index (Phi) is 13.5. The molecule has 2 atom stereocenters. The number of amides is 2. The van der Waals surface area contributed by atoms with Crippen LogP contribution in [0.5, 0.6) is 11.5 Å². The van der Waals surface area contributed by atoms with Crippen molar-refractivity contribution in [3.05, 3.63) is 78.9 Å². The van der Waals surface area contributed by atoms with E-state index < -0.39 is 46.8 Å². The van der Waals surface area contributed by atoms with Gasteiger partial charge in [-0.25, -0.2) is 32.2 Å². The van der Waals surface area contributed by atoms with E-state index in [2.05, 4.69) is 16.9 Å². The number of nitrogens with one attached hydrogen (secondary N) is 2. The van der Waals surface area contributed by atoms with E-state index in [1.54, 1.807) is 48.1 Å². The van der Waals surface area contributed by atoms with E-state index in [0.717, 1.165) is 28.8 Å². The summed E-state index contributed by atoms with van der Waals surface area (Å²) in [5.74, 6) is 4.01. The molecule has 0 bridgehead atoms. The lowest BCUT2D eigenvalue weighted by atomic mass is 10.0. The summed E-state index contributed by atoms with van der Waals surface area (Å²) in [6.45, 7) is 5.03. The summed E-state index contributed by atoms with van der Waals surface area (Å²) in [5.41, 5.74) is 5.49. The van der Waals surface area contributed by atoms with Crippen LogP contribution in [0, 0.1) is 17.7 Å². The second kappa shape index (κ2) is 17.5. The molecule has 0 aliphatic rings. The number of benzene rings is 3. The lowest BCUT2D eigenvalue weighted by Crippen LogP contribution is -2.49. The van der Waals surface area contributed by atoms with Crippen molar-refractivity contribution in [1.29, 1.82) is 0 Å². The molecule has 2 heterocycles. The molecule has 0 aliphatic carbocycles. The number of sulfone groups is 2. The van der Waals surface area contributed by atoms with E-state index in [4.69, 9.17) is 19.9 Å². The van der Waals surface area contributed by atoms with Crippen molar-refractivity contribution in [2.75, 3.05) is 26.2 Å². The summed E-state index contributed by atoms with van der Waals surface area (Å²) in [5, 5.41) is 23.7. The Morgan fingerprint density at radius 2 is 1.50 bits per heavy atom. The van der Waals surface area contributed by atoms with Crippen molar-refractivity contribution in [1.82, 2.24) is 25.3 Å². The predicted octanol–water partition coefficient (Wildman–Crippen LogP) is 4.29. The first-order valence-electron chi connectivity index (χ1n) is 17.0. The normalized spacial score (nSPS) is 13.7. The zero-order chi connectivity index (χ0) is 41.5. The van der Waals surface area contributed by atoms with Gasteiger partial charge in [-0.3, -0.25) is 24.7 Å². The molecule has 0 spiro atoms. The van der Waals surface area contributed by atoms with Crippen LogP contribution in [0.1, 0.15) is 33.6 Å². The number of methoxy groups -OCH3 is 1. The number of halogens is 1. The van der Waals surface area contributed by atoms with E-state index in [-0.39, 0.29) is 25.1 Å². The highest BCUT2D eigenvalue weighted by Gasteiger charge is 2.44. The Labute approximate surface area is 324 Å².